The molecule has 0 bridgehead atoms. The first-order valence-electron chi connectivity index (χ1n) is 8.61. The van der Waals surface area contributed by atoms with Crippen molar-refractivity contribution in [1.29, 1.82) is 0 Å². The molecule has 0 spiro atoms. The predicted molar refractivity (Wildman–Crippen MR) is 117 cm³/mol. The molecule has 2 aliphatic heterocycles. The first-order chi connectivity index (χ1) is 13.7. The van der Waals surface area contributed by atoms with E-state index in [4.69, 9.17) is 23.2 Å². The van der Waals surface area contributed by atoms with Crippen LogP contribution in [0.3, 0.4) is 0 Å². The number of sulfone groups is 1. The summed E-state index contributed by atoms with van der Waals surface area (Å²) in [4.78, 5) is 16.9. The number of hydrogen-bond acceptors (Lipinski definition) is 7. The highest BCUT2D eigenvalue weighted by atomic mass is 35.5. The molecule has 0 unspecified atom stereocenters. The lowest BCUT2D eigenvalue weighted by atomic mass is 10.1. The Morgan fingerprint density at radius 2 is 1.79 bits per heavy atom. The van der Waals surface area contributed by atoms with Crippen molar-refractivity contribution in [3.63, 3.8) is 0 Å². The second kappa shape index (κ2) is 7.79. The Hall–Kier alpha value is -1.81. The molecule has 4 rings (SSSR count). The fraction of sp³-hybridized carbons (Fsp3) is 0.278. The van der Waals surface area contributed by atoms with Gasteiger partial charge in [-0.15, -0.1) is 0 Å². The Bertz CT molecular complexity index is 1090. The third-order valence-corrected chi connectivity index (χ3v) is 7.92. The Morgan fingerprint density at radius 3 is 2.41 bits per heavy atom. The summed E-state index contributed by atoms with van der Waals surface area (Å²) < 4.78 is 24.2. The Balaban J connectivity index is 1.60. The number of fused-ring (bicyclic) bond motifs is 1. The summed E-state index contributed by atoms with van der Waals surface area (Å²) in [6.45, 7) is 0. The molecular weight excluding hydrogens is 457 g/mol. The van der Waals surface area contributed by atoms with E-state index >= 15 is 0 Å². The van der Waals surface area contributed by atoms with Gasteiger partial charge in [0.2, 0.25) is 0 Å². The maximum Gasteiger partial charge on any atom is 0.269 e. The molecule has 0 amide bonds. The summed E-state index contributed by atoms with van der Waals surface area (Å²) in [6, 6.07) is 10.8. The van der Waals surface area contributed by atoms with Crippen LogP contribution in [0.2, 0.25) is 10.0 Å². The predicted octanol–water partition coefficient (Wildman–Crippen LogP) is 4.18. The van der Waals surface area contributed by atoms with E-state index in [1.807, 2.05) is 4.90 Å². The maximum absolute atomic E-state index is 12.1. The van der Waals surface area contributed by atoms with Gasteiger partial charge in [0, 0.05) is 33.6 Å². The van der Waals surface area contributed by atoms with Gasteiger partial charge in [-0.25, -0.2) is 8.42 Å². The van der Waals surface area contributed by atoms with Crippen molar-refractivity contribution in [1.82, 2.24) is 0 Å². The molecule has 0 saturated carbocycles. The van der Waals surface area contributed by atoms with E-state index in [0.717, 1.165) is 5.56 Å². The van der Waals surface area contributed by atoms with Gasteiger partial charge in [-0.3, -0.25) is 15.1 Å². The summed E-state index contributed by atoms with van der Waals surface area (Å²) in [6.07, 6.45) is 0. The number of benzene rings is 2. The van der Waals surface area contributed by atoms with Crippen LogP contribution < -0.4 is 4.90 Å². The smallest absolute Gasteiger partial charge is 0.269 e. The SMILES string of the molecule is O=[N+]([O-])c1ccc(CSC2=N[C@H]3CS(=O)(=O)C[C@@H]3N2c2cc(Cl)cc(Cl)c2)cc1. The number of anilines is 1. The number of aliphatic imine (C=N–C) groups is 1. The van der Waals surface area contributed by atoms with Crippen molar-refractivity contribution < 1.29 is 13.3 Å². The molecule has 0 N–H and O–H groups in total. The van der Waals surface area contributed by atoms with E-state index < -0.39 is 14.8 Å². The molecule has 2 aromatic rings. The van der Waals surface area contributed by atoms with Gasteiger partial charge in [0.1, 0.15) is 0 Å². The maximum atomic E-state index is 12.1. The number of halogens is 2. The molecule has 11 heteroatoms. The van der Waals surface area contributed by atoms with E-state index in [2.05, 4.69) is 4.99 Å². The van der Waals surface area contributed by atoms with Crippen molar-refractivity contribution in [3.05, 3.63) is 68.2 Å². The quantitative estimate of drug-likeness (QED) is 0.490. The van der Waals surface area contributed by atoms with E-state index in [-0.39, 0.29) is 29.3 Å². The summed E-state index contributed by atoms with van der Waals surface area (Å²) in [7, 11) is -3.16. The molecule has 0 aliphatic carbocycles. The lowest BCUT2D eigenvalue weighted by Crippen LogP contribution is -2.39. The van der Waals surface area contributed by atoms with Crippen LogP contribution in [0.25, 0.3) is 0 Å². The van der Waals surface area contributed by atoms with Crippen molar-refractivity contribution in [2.45, 2.75) is 17.8 Å². The fourth-order valence-electron chi connectivity index (χ4n) is 3.48. The highest BCUT2D eigenvalue weighted by Gasteiger charge is 2.47. The van der Waals surface area contributed by atoms with Gasteiger partial charge in [0.15, 0.2) is 15.0 Å². The molecule has 1 fully saturated rings. The summed E-state index contributed by atoms with van der Waals surface area (Å²) >= 11 is 13.8. The van der Waals surface area contributed by atoms with Crippen LogP contribution in [-0.4, -0.2) is 42.1 Å². The van der Waals surface area contributed by atoms with Gasteiger partial charge in [-0.05, 0) is 23.8 Å². The van der Waals surface area contributed by atoms with E-state index in [0.29, 0.717) is 26.7 Å². The lowest BCUT2D eigenvalue weighted by Gasteiger charge is -2.27. The minimum atomic E-state index is -3.16. The molecule has 152 valence electrons. The zero-order valence-corrected chi connectivity index (χ0v) is 18.0. The molecule has 2 aromatic carbocycles. The zero-order valence-electron chi connectivity index (χ0n) is 14.9. The third kappa shape index (κ3) is 4.37. The molecular formula is C18H15Cl2N3O4S2. The Kier molecular flexibility index (Phi) is 5.50. The molecule has 2 heterocycles. The van der Waals surface area contributed by atoms with E-state index in [9.17, 15) is 18.5 Å². The fourth-order valence-corrected chi connectivity index (χ4v) is 6.91. The van der Waals surface area contributed by atoms with Gasteiger partial charge >= 0.3 is 0 Å². The normalized spacial score (nSPS) is 22.4. The number of nitro groups is 1. The second-order valence-corrected chi connectivity index (χ2v) is 10.8. The van der Waals surface area contributed by atoms with Crippen molar-refractivity contribution in [2.75, 3.05) is 16.4 Å². The zero-order chi connectivity index (χ0) is 20.8. The molecule has 0 aromatic heterocycles. The van der Waals surface area contributed by atoms with E-state index in [1.165, 1.54) is 23.9 Å². The summed E-state index contributed by atoms with van der Waals surface area (Å²) in [5.74, 6) is 0.574. The number of non-ortho nitro benzene ring substituents is 1. The van der Waals surface area contributed by atoms with Gasteiger partial charge in [-0.2, -0.15) is 0 Å². The summed E-state index contributed by atoms with van der Waals surface area (Å²) in [5.41, 5.74) is 1.63. The topological polar surface area (TPSA) is 92.9 Å². The monoisotopic (exact) mass is 471 g/mol. The van der Waals surface area contributed by atoms with Crippen molar-refractivity contribution >= 4 is 61.3 Å². The first-order valence-corrected chi connectivity index (χ1v) is 12.2. The van der Waals surface area contributed by atoms with Crippen LogP contribution >= 0.6 is 35.0 Å². The number of nitrogens with zero attached hydrogens (tertiary/aromatic N) is 3. The Morgan fingerprint density at radius 1 is 1.14 bits per heavy atom. The number of thioether (sulfide) groups is 1. The van der Waals surface area contributed by atoms with Crippen LogP contribution in [-0.2, 0) is 15.6 Å². The number of nitro benzene ring substituents is 1. The van der Waals surface area contributed by atoms with Crippen LogP contribution in [0.1, 0.15) is 5.56 Å². The lowest BCUT2D eigenvalue weighted by molar-refractivity contribution is -0.384. The first kappa shape index (κ1) is 20.5. The minimum absolute atomic E-state index is 0.0179. The van der Waals surface area contributed by atoms with Crippen molar-refractivity contribution in [2.24, 2.45) is 4.99 Å². The molecule has 0 radical (unpaired) electrons. The summed E-state index contributed by atoms with van der Waals surface area (Å²) in [5, 5.41) is 12.4. The molecule has 7 nitrogen and oxygen atoms in total. The highest BCUT2D eigenvalue weighted by Crippen LogP contribution is 2.38. The molecule has 29 heavy (non-hydrogen) atoms. The Labute approximate surface area is 181 Å². The number of hydrogen-bond donors (Lipinski definition) is 0. The van der Waals surface area contributed by atoms with Crippen molar-refractivity contribution in [3.8, 4) is 0 Å². The molecule has 1 saturated heterocycles. The van der Waals surface area contributed by atoms with Crippen LogP contribution in [0, 0.1) is 10.1 Å². The van der Waals surface area contributed by atoms with Gasteiger partial charge in [0.25, 0.3) is 5.69 Å². The van der Waals surface area contributed by atoms with Gasteiger partial charge < -0.3 is 4.90 Å². The van der Waals surface area contributed by atoms with Gasteiger partial charge in [0.05, 0.1) is 28.5 Å². The highest BCUT2D eigenvalue weighted by molar-refractivity contribution is 8.13. The number of rotatable bonds is 4. The average Bonchev–Trinajstić information content (AvgIpc) is 3.10. The van der Waals surface area contributed by atoms with Gasteiger partial charge in [-0.1, -0.05) is 47.1 Å². The number of amidine groups is 1. The van der Waals surface area contributed by atoms with Crippen LogP contribution in [0.15, 0.2) is 47.5 Å². The third-order valence-electron chi connectivity index (χ3n) is 4.75. The standard InChI is InChI=1S/C18H15Cl2N3O4S2/c19-12-5-13(20)7-15(6-12)22-17-10-29(26,27)9-16(17)21-18(22)28-8-11-1-3-14(4-2-11)23(24)25/h1-7,16-17H,8-10H2/t16-,17-/m0/s1. The second-order valence-electron chi connectivity index (χ2n) is 6.83. The minimum Gasteiger partial charge on any atom is -0.315 e. The van der Waals surface area contributed by atoms with Crippen LogP contribution in [0.4, 0.5) is 11.4 Å². The largest absolute Gasteiger partial charge is 0.315 e. The van der Waals surface area contributed by atoms with Crippen LogP contribution in [0.5, 0.6) is 0 Å². The van der Waals surface area contributed by atoms with E-state index in [1.54, 1.807) is 30.3 Å². The molecule has 2 aliphatic rings. The average molecular weight is 472 g/mol. The molecule has 2 atom stereocenters.